The van der Waals surface area contributed by atoms with E-state index in [2.05, 4.69) is 15.0 Å². The van der Waals surface area contributed by atoms with Crippen LogP contribution in [0.15, 0.2) is 0 Å². The first-order chi connectivity index (χ1) is 9.38. The fourth-order valence-corrected chi connectivity index (χ4v) is 2.52. The summed E-state index contributed by atoms with van der Waals surface area (Å²) in [5.41, 5.74) is 10.2. The first-order valence-electron chi connectivity index (χ1n) is 5.97. The number of halogens is 3. The summed E-state index contributed by atoms with van der Waals surface area (Å²) in [7, 11) is 0. The Morgan fingerprint density at radius 1 is 1.25 bits per heavy atom. The highest BCUT2D eigenvalue weighted by atomic mass is 19.4. The van der Waals surface area contributed by atoms with E-state index in [4.69, 9.17) is 16.2 Å². The van der Waals surface area contributed by atoms with Gasteiger partial charge in [-0.3, -0.25) is 0 Å². The monoisotopic (exact) mass is 287 g/mol. The number of nitrogens with two attached hydrogens (primary N) is 2. The van der Waals surface area contributed by atoms with Crippen molar-refractivity contribution in [2.45, 2.75) is 18.5 Å². The quantitative estimate of drug-likeness (QED) is 0.740. The molecule has 9 heteroatoms. The number of nitrogens with zero attached hydrogens (tertiary/aromatic N) is 2. The van der Waals surface area contributed by atoms with Crippen molar-refractivity contribution < 1.29 is 17.9 Å². The fraction of sp³-hybridized carbons (Fsp3) is 0.455. The molecule has 0 spiro atoms. The van der Waals surface area contributed by atoms with Crippen LogP contribution in [-0.4, -0.2) is 28.2 Å². The van der Waals surface area contributed by atoms with Crippen LogP contribution in [0.5, 0.6) is 0 Å². The van der Waals surface area contributed by atoms with Crippen LogP contribution in [0.2, 0.25) is 0 Å². The van der Waals surface area contributed by atoms with Crippen molar-refractivity contribution in [2.24, 2.45) is 0 Å². The first-order valence-corrected chi connectivity index (χ1v) is 5.97. The Balaban J connectivity index is 2.31. The van der Waals surface area contributed by atoms with Crippen LogP contribution in [0.4, 0.5) is 24.9 Å². The van der Waals surface area contributed by atoms with E-state index in [0.29, 0.717) is 13.0 Å². The third-order valence-corrected chi connectivity index (χ3v) is 3.35. The number of hydrogen-bond acceptors (Lipinski definition) is 5. The SMILES string of the molecule is Nc1nc(N)c2c(C(F)(F)F)c(C3CCOC3)[nH]c2n1. The van der Waals surface area contributed by atoms with E-state index in [0.717, 1.165) is 0 Å². The van der Waals surface area contributed by atoms with Crippen molar-refractivity contribution in [2.75, 3.05) is 24.7 Å². The lowest BCUT2D eigenvalue weighted by atomic mass is 9.99. The van der Waals surface area contributed by atoms with Gasteiger partial charge in [0.15, 0.2) is 0 Å². The van der Waals surface area contributed by atoms with Crippen molar-refractivity contribution in [3.8, 4) is 0 Å². The predicted octanol–water partition coefficient (Wildman–Crippen LogP) is 1.65. The molecule has 0 bridgehead atoms. The Labute approximate surface area is 111 Å². The molecule has 20 heavy (non-hydrogen) atoms. The summed E-state index contributed by atoms with van der Waals surface area (Å²) in [6, 6.07) is 0. The maximum Gasteiger partial charge on any atom is 0.418 e. The lowest BCUT2D eigenvalue weighted by molar-refractivity contribution is -0.137. The molecular weight excluding hydrogens is 275 g/mol. The number of anilines is 2. The molecule has 3 rings (SSSR count). The zero-order chi connectivity index (χ0) is 14.5. The van der Waals surface area contributed by atoms with Gasteiger partial charge in [-0.2, -0.15) is 23.1 Å². The van der Waals surface area contributed by atoms with Crippen molar-refractivity contribution in [3.05, 3.63) is 11.3 Å². The largest absolute Gasteiger partial charge is 0.418 e. The van der Waals surface area contributed by atoms with Crippen molar-refractivity contribution in [1.82, 2.24) is 15.0 Å². The summed E-state index contributed by atoms with van der Waals surface area (Å²) in [6.07, 6.45) is -4.04. The Morgan fingerprint density at radius 2 is 2.00 bits per heavy atom. The molecule has 108 valence electrons. The van der Waals surface area contributed by atoms with Gasteiger partial charge in [0, 0.05) is 18.2 Å². The molecule has 1 unspecified atom stereocenters. The number of fused-ring (bicyclic) bond motifs is 1. The molecule has 0 saturated carbocycles. The maximum absolute atomic E-state index is 13.3. The third kappa shape index (κ3) is 1.94. The molecule has 0 radical (unpaired) electrons. The molecule has 3 heterocycles. The smallest absolute Gasteiger partial charge is 0.383 e. The van der Waals surface area contributed by atoms with Gasteiger partial charge in [-0.05, 0) is 6.42 Å². The highest BCUT2D eigenvalue weighted by molar-refractivity contribution is 5.92. The number of aromatic nitrogens is 3. The molecule has 0 amide bonds. The lowest BCUT2D eigenvalue weighted by Gasteiger charge is -2.12. The maximum atomic E-state index is 13.3. The fourth-order valence-electron chi connectivity index (χ4n) is 2.52. The average molecular weight is 287 g/mol. The van der Waals surface area contributed by atoms with Crippen LogP contribution < -0.4 is 11.5 Å². The summed E-state index contributed by atoms with van der Waals surface area (Å²) in [5, 5.41) is -0.228. The summed E-state index contributed by atoms with van der Waals surface area (Å²) >= 11 is 0. The molecule has 1 saturated heterocycles. The van der Waals surface area contributed by atoms with Crippen molar-refractivity contribution in [3.63, 3.8) is 0 Å². The van der Waals surface area contributed by atoms with Gasteiger partial charge in [-0.15, -0.1) is 0 Å². The molecular formula is C11H12F3N5O. The predicted molar refractivity (Wildman–Crippen MR) is 65.9 cm³/mol. The number of ether oxygens (including phenoxy) is 1. The van der Waals surface area contributed by atoms with Crippen LogP contribution in [0.25, 0.3) is 11.0 Å². The van der Waals surface area contributed by atoms with Crippen LogP contribution in [0, 0.1) is 0 Å². The number of rotatable bonds is 1. The van der Waals surface area contributed by atoms with E-state index in [1.54, 1.807) is 0 Å². The average Bonchev–Trinajstić information content (AvgIpc) is 2.91. The summed E-state index contributed by atoms with van der Waals surface area (Å²) in [5.74, 6) is -0.804. The number of alkyl halides is 3. The molecule has 0 aromatic carbocycles. The number of H-pyrrole nitrogens is 1. The van der Waals surface area contributed by atoms with E-state index in [1.807, 2.05) is 0 Å². The first kappa shape index (κ1) is 13.0. The standard InChI is InChI=1S/C11H12F3N5O/c12-11(13,14)6-5-8(15)18-10(16)19-9(5)17-7(6)4-1-2-20-3-4/h4H,1-3H2,(H5,15,16,17,18,19). The molecule has 1 fully saturated rings. The third-order valence-electron chi connectivity index (χ3n) is 3.35. The molecule has 2 aromatic rings. The zero-order valence-electron chi connectivity index (χ0n) is 10.3. The molecule has 1 aliphatic heterocycles. The number of nitrogens with one attached hydrogen (secondary N) is 1. The molecule has 1 aliphatic rings. The van der Waals surface area contributed by atoms with Gasteiger partial charge in [0.25, 0.3) is 0 Å². The second-order valence-electron chi connectivity index (χ2n) is 4.66. The molecule has 1 atom stereocenters. The highest BCUT2D eigenvalue weighted by Gasteiger charge is 2.41. The van der Waals surface area contributed by atoms with E-state index >= 15 is 0 Å². The van der Waals surface area contributed by atoms with Gasteiger partial charge in [0.2, 0.25) is 5.95 Å². The van der Waals surface area contributed by atoms with E-state index in [-0.39, 0.29) is 41.0 Å². The summed E-state index contributed by atoms with van der Waals surface area (Å²) < 4.78 is 45.2. The van der Waals surface area contributed by atoms with Gasteiger partial charge >= 0.3 is 6.18 Å². The number of nitrogen functional groups attached to an aromatic ring is 2. The molecule has 6 nitrogen and oxygen atoms in total. The minimum Gasteiger partial charge on any atom is -0.383 e. The summed E-state index contributed by atoms with van der Waals surface area (Å²) in [6.45, 7) is 0.666. The topological polar surface area (TPSA) is 103 Å². The van der Waals surface area contributed by atoms with Crippen LogP contribution in [0.3, 0.4) is 0 Å². The molecule has 5 N–H and O–H groups in total. The Kier molecular flexibility index (Phi) is 2.75. The highest BCUT2D eigenvalue weighted by Crippen LogP contribution is 2.43. The Morgan fingerprint density at radius 3 is 2.60 bits per heavy atom. The van der Waals surface area contributed by atoms with Gasteiger partial charge in [0.05, 0.1) is 17.6 Å². The Bertz CT molecular complexity index is 660. The van der Waals surface area contributed by atoms with Crippen LogP contribution in [0.1, 0.15) is 23.6 Å². The summed E-state index contributed by atoms with van der Waals surface area (Å²) in [4.78, 5) is 10.1. The second kappa shape index (κ2) is 4.23. The number of aromatic amines is 1. The normalized spacial score (nSPS) is 19.9. The zero-order valence-corrected chi connectivity index (χ0v) is 10.3. The van der Waals surface area contributed by atoms with E-state index in [9.17, 15) is 13.2 Å². The minimum atomic E-state index is -4.55. The Hall–Kier alpha value is -2.03. The van der Waals surface area contributed by atoms with E-state index in [1.165, 1.54) is 0 Å². The van der Waals surface area contributed by atoms with Crippen LogP contribution in [-0.2, 0) is 10.9 Å². The lowest BCUT2D eigenvalue weighted by Crippen LogP contribution is -2.12. The van der Waals surface area contributed by atoms with Crippen LogP contribution >= 0.6 is 0 Å². The van der Waals surface area contributed by atoms with E-state index < -0.39 is 11.7 Å². The number of hydrogen-bond donors (Lipinski definition) is 3. The minimum absolute atomic E-state index is 0.00391. The van der Waals surface area contributed by atoms with Gasteiger partial charge in [-0.25, -0.2) is 0 Å². The van der Waals surface area contributed by atoms with Gasteiger partial charge in [0.1, 0.15) is 11.5 Å². The van der Waals surface area contributed by atoms with Gasteiger partial charge < -0.3 is 21.2 Å². The van der Waals surface area contributed by atoms with Crippen molar-refractivity contribution in [1.29, 1.82) is 0 Å². The van der Waals surface area contributed by atoms with Gasteiger partial charge in [-0.1, -0.05) is 0 Å². The van der Waals surface area contributed by atoms with Crippen molar-refractivity contribution >= 4 is 22.8 Å². The molecule has 2 aromatic heterocycles. The molecule has 0 aliphatic carbocycles. The second-order valence-corrected chi connectivity index (χ2v) is 4.66.